The predicted octanol–water partition coefficient (Wildman–Crippen LogP) is 1.23. The molecule has 0 unspecified atom stereocenters. The normalized spacial score (nSPS) is 21.0. The summed E-state index contributed by atoms with van der Waals surface area (Å²) in [6.45, 7) is 8.15. The highest BCUT2D eigenvalue weighted by atomic mass is 16.2. The van der Waals surface area contributed by atoms with Crippen LogP contribution >= 0.6 is 0 Å². The van der Waals surface area contributed by atoms with E-state index in [2.05, 4.69) is 46.8 Å². The number of hydrogen-bond donors (Lipinski definition) is 1. The van der Waals surface area contributed by atoms with Crippen molar-refractivity contribution in [2.24, 2.45) is 5.92 Å². The summed E-state index contributed by atoms with van der Waals surface area (Å²) in [6.07, 6.45) is 1.10. The van der Waals surface area contributed by atoms with Crippen LogP contribution in [-0.4, -0.2) is 63.4 Å². The number of aromatic nitrogens is 2. The van der Waals surface area contributed by atoms with E-state index in [0.717, 1.165) is 36.4 Å². The number of amides is 2. The highest BCUT2D eigenvalue weighted by molar-refractivity contribution is 5.95. The fourth-order valence-corrected chi connectivity index (χ4v) is 3.97. The molecule has 2 saturated heterocycles. The molecule has 0 bridgehead atoms. The Morgan fingerprint density at radius 2 is 2.04 bits per heavy atom. The monoisotopic (exact) mass is 369 g/mol. The summed E-state index contributed by atoms with van der Waals surface area (Å²) in [5.74, 6) is 1.63. The number of rotatable bonds is 5. The summed E-state index contributed by atoms with van der Waals surface area (Å²) in [6, 6.07) is 7.86. The van der Waals surface area contributed by atoms with E-state index in [9.17, 15) is 9.59 Å². The number of aryl methyl sites for hydroxylation is 1. The molecule has 27 heavy (non-hydrogen) atoms. The third-order valence-corrected chi connectivity index (χ3v) is 5.53. The Morgan fingerprint density at radius 3 is 2.85 bits per heavy atom. The zero-order valence-electron chi connectivity index (χ0n) is 16.0. The number of benzene rings is 1. The van der Waals surface area contributed by atoms with Crippen LogP contribution in [0.2, 0.25) is 0 Å². The maximum atomic E-state index is 12.2. The maximum absolute atomic E-state index is 12.2. The van der Waals surface area contributed by atoms with Crippen molar-refractivity contribution in [2.75, 3.05) is 26.2 Å². The first-order chi connectivity index (χ1) is 13.0. The topological polar surface area (TPSA) is 70.5 Å². The van der Waals surface area contributed by atoms with Crippen molar-refractivity contribution in [3.8, 4) is 0 Å². The minimum Gasteiger partial charge on any atom is -0.345 e. The standard InChI is InChI=1S/C20H27N5O2/c1-14(2)7-8-24-16-6-4-3-5-15(16)22-18(24)13-23-9-10-25-17(12-23)20(27)21-11-19(25)26/h3-6,14,17H,7-13H2,1-2H3,(H,21,27)/t17-/m0/s1. The van der Waals surface area contributed by atoms with Gasteiger partial charge in [0.25, 0.3) is 0 Å². The van der Waals surface area contributed by atoms with Gasteiger partial charge in [0.2, 0.25) is 11.8 Å². The molecule has 1 aromatic heterocycles. The van der Waals surface area contributed by atoms with Gasteiger partial charge >= 0.3 is 0 Å². The summed E-state index contributed by atoms with van der Waals surface area (Å²) >= 11 is 0. The van der Waals surface area contributed by atoms with Crippen LogP contribution in [0.1, 0.15) is 26.1 Å². The van der Waals surface area contributed by atoms with E-state index < -0.39 is 0 Å². The number of para-hydroxylation sites is 2. The molecular weight excluding hydrogens is 342 g/mol. The van der Waals surface area contributed by atoms with Gasteiger partial charge in [-0.3, -0.25) is 14.5 Å². The van der Waals surface area contributed by atoms with Gasteiger partial charge in [-0.15, -0.1) is 0 Å². The molecule has 2 fully saturated rings. The largest absolute Gasteiger partial charge is 0.345 e. The van der Waals surface area contributed by atoms with Crippen molar-refractivity contribution in [3.05, 3.63) is 30.1 Å². The molecular formula is C20H27N5O2. The van der Waals surface area contributed by atoms with Crippen LogP contribution in [-0.2, 0) is 22.7 Å². The third-order valence-electron chi connectivity index (χ3n) is 5.53. The molecule has 1 N–H and O–H groups in total. The third kappa shape index (κ3) is 3.56. The van der Waals surface area contributed by atoms with E-state index in [1.54, 1.807) is 4.90 Å². The number of nitrogens with one attached hydrogen (secondary N) is 1. The van der Waals surface area contributed by atoms with Gasteiger partial charge in [-0.1, -0.05) is 26.0 Å². The van der Waals surface area contributed by atoms with Gasteiger partial charge in [-0.2, -0.15) is 0 Å². The van der Waals surface area contributed by atoms with Crippen molar-refractivity contribution < 1.29 is 9.59 Å². The molecule has 2 aliphatic rings. The summed E-state index contributed by atoms with van der Waals surface area (Å²) in [4.78, 5) is 33.1. The first kappa shape index (κ1) is 18.0. The highest BCUT2D eigenvalue weighted by Crippen LogP contribution is 2.21. The number of fused-ring (bicyclic) bond motifs is 2. The lowest BCUT2D eigenvalue weighted by Crippen LogP contribution is -2.65. The van der Waals surface area contributed by atoms with Crippen molar-refractivity contribution in [1.82, 2.24) is 24.7 Å². The lowest BCUT2D eigenvalue weighted by Gasteiger charge is -2.42. The van der Waals surface area contributed by atoms with E-state index in [0.29, 0.717) is 25.6 Å². The quantitative estimate of drug-likeness (QED) is 0.861. The van der Waals surface area contributed by atoms with Crippen LogP contribution in [0.3, 0.4) is 0 Å². The fourth-order valence-electron chi connectivity index (χ4n) is 3.97. The molecule has 0 aliphatic carbocycles. The number of hydrogen-bond acceptors (Lipinski definition) is 4. The van der Waals surface area contributed by atoms with E-state index in [-0.39, 0.29) is 24.4 Å². The number of imidazole rings is 1. The van der Waals surface area contributed by atoms with Crippen LogP contribution in [0.5, 0.6) is 0 Å². The van der Waals surface area contributed by atoms with E-state index in [1.807, 2.05) is 6.07 Å². The average Bonchev–Trinajstić information content (AvgIpc) is 3.00. The molecule has 4 rings (SSSR count). The van der Waals surface area contributed by atoms with Crippen LogP contribution in [0.25, 0.3) is 11.0 Å². The molecule has 7 heteroatoms. The molecule has 2 aromatic rings. The molecule has 1 aromatic carbocycles. The first-order valence-electron chi connectivity index (χ1n) is 9.76. The minimum absolute atomic E-state index is 0.0171. The molecule has 144 valence electrons. The zero-order valence-corrected chi connectivity index (χ0v) is 16.0. The van der Waals surface area contributed by atoms with E-state index >= 15 is 0 Å². The molecule has 0 saturated carbocycles. The minimum atomic E-state index is -0.381. The maximum Gasteiger partial charge on any atom is 0.244 e. The van der Waals surface area contributed by atoms with E-state index in [1.165, 1.54) is 0 Å². The van der Waals surface area contributed by atoms with Crippen molar-refractivity contribution in [2.45, 2.75) is 39.4 Å². The molecule has 0 spiro atoms. The summed E-state index contributed by atoms with van der Waals surface area (Å²) < 4.78 is 2.31. The molecule has 7 nitrogen and oxygen atoms in total. The highest BCUT2D eigenvalue weighted by Gasteiger charge is 2.38. The molecule has 3 heterocycles. The van der Waals surface area contributed by atoms with Crippen LogP contribution < -0.4 is 5.32 Å². The smallest absolute Gasteiger partial charge is 0.244 e. The lowest BCUT2D eigenvalue weighted by molar-refractivity contribution is -0.149. The molecule has 0 radical (unpaired) electrons. The summed E-state index contributed by atoms with van der Waals surface area (Å²) in [7, 11) is 0. The Hall–Kier alpha value is -2.41. The van der Waals surface area contributed by atoms with Gasteiger partial charge in [-0.05, 0) is 24.5 Å². The van der Waals surface area contributed by atoms with Crippen LogP contribution in [0, 0.1) is 5.92 Å². The van der Waals surface area contributed by atoms with Gasteiger partial charge in [-0.25, -0.2) is 4.98 Å². The Bertz CT molecular complexity index is 859. The Kier molecular flexibility index (Phi) is 4.86. The van der Waals surface area contributed by atoms with Crippen LogP contribution in [0.4, 0.5) is 0 Å². The number of carbonyl (C=O) groups excluding carboxylic acids is 2. The Morgan fingerprint density at radius 1 is 1.22 bits per heavy atom. The van der Waals surface area contributed by atoms with Gasteiger partial charge in [0.15, 0.2) is 0 Å². The number of carbonyl (C=O) groups is 2. The molecule has 1 atom stereocenters. The molecule has 2 aliphatic heterocycles. The zero-order chi connectivity index (χ0) is 19.0. The summed E-state index contributed by atoms with van der Waals surface area (Å²) in [5.41, 5.74) is 2.18. The second kappa shape index (κ2) is 7.31. The predicted molar refractivity (Wildman–Crippen MR) is 103 cm³/mol. The fraction of sp³-hybridized carbons (Fsp3) is 0.550. The van der Waals surface area contributed by atoms with Crippen molar-refractivity contribution in [3.63, 3.8) is 0 Å². The Balaban J connectivity index is 1.55. The van der Waals surface area contributed by atoms with Gasteiger partial charge in [0, 0.05) is 26.2 Å². The Labute approximate surface area is 159 Å². The van der Waals surface area contributed by atoms with E-state index in [4.69, 9.17) is 4.98 Å². The van der Waals surface area contributed by atoms with Gasteiger partial charge in [0.1, 0.15) is 11.9 Å². The van der Waals surface area contributed by atoms with Crippen LogP contribution in [0.15, 0.2) is 24.3 Å². The second-order valence-electron chi connectivity index (χ2n) is 7.91. The van der Waals surface area contributed by atoms with Crippen molar-refractivity contribution >= 4 is 22.8 Å². The number of nitrogens with zero attached hydrogens (tertiary/aromatic N) is 4. The number of piperazine rings is 2. The average molecular weight is 369 g/mol. The van der Waals surface area contributed by atoms with Crippen molar-refractivity contribution in [1.29, 1.82) is 0 Å². The SMILES string of the molecule is CC(C)CCn1c(CN2CCN3C(=O)CNC(=O)[C@@H]3C2)nc2ccccc21. The molecule has 2 amide bonds. The second-order valence-corrected chi connectivity index (χ2v) is 7.91. The first-order valence-corrected chi connectivity index (χ1v) is 9.76. The van der Waals surface area contributed by atoms with Gasteiger partial charge in [0.05, 0.1) is 24.1 Å². The summed E-state index contributed by atoms with van der Waals surface area (Å²) in [5, 5.41) is 2.70. The van der Waals surface area contributed by atoms with Gasteiger partial charge < -0.3 is 14.8 Å². The lowest BCUT2D eigenvalue weighted by atomic mass is 10.1.